The minimum Gasteiger partial charge on any atom is -0.497 e. The van der Waals surface area contributed by atoms with Crippen molar-refractivity contribution in [3.05, 3.63) is 41.8 Å². The van der Waals surface area contributed by atoms with Gasteiger partial charge in [0.25, 0.3) is 0 Å². The Kier molecular flexibility index (Phi) is 2.64. The quantitative estimate of drug-likeness (QED) is 0.719. The van der Waals surface area contributed by atoms with E-state index in [1.54, 1.807) is 7.11 Å². The number of ether oxygens (including phenoxy) is 1. The van der Waals surface area contributed by atoms with Gasteiger partial charge in [-0.25, -0.2) is 9.97 Å². The Labute approximate surface area is 109 Å². The molecular formula is C13H10ClN3O. The molecule has 0 saturated heterocycles. The average molecular weight is 260 g/mol. The lowest BCUT2D eigenvalue weighted by Gasteiger charge is -2.01. The van der Waals surface area contributed by atoms with Crippen LogP contribution in [0, 0.1) is 0 Å². The Balaban J connectivity index is 2.16. The molecule has 0 bridgehead atoms. The lowest BCUT2D eigenvalue weighted by atomic mass is 10.1. The molecule has 2 heterocycles. The number of nitrogens with one attached hydrogen (secondary N) is 1. The van der Waals surface area contributed by atoms with Crippen LogP contribution in [0.15, 0.2) is 36.7 Å². The Hall–Kier alpha value is -2.07. The summed E-state index contributed by atoms with van der Waals surface area (Å²) in [5, 5.41) is 1.27. The van der Waals surface area contributed by atoms with Gasteiger partial charge in [0.2, 0.25) is 0 Å². The largest absolute Gasteiger partial charge is 0.497 e. The molecule has 18 heavy (non-hydrogen) atoms. The van der Waals surface area contributed by atoms with Crippen LogP contribution in [-0.2, 0) is 0 Å². The highest BCUT2D eigenvalue weighted by Crippen LogP contribution is 2.28. The predicted molar refractivity (Wildman–Crippen MR) is 70.9 cm³/mol. The third kappa shape index (κ3) is 1.80. The zero-order valence-corrected chi connectivity index (χ0v) is 10.4. The first kappa shape index (κ1) is 11.0. The molecule has 90 valence electrons. The molecule has 1 N–H and O–H groups in total. The van der Waals surface area contributed by atoms with E-state index in [1.807, 2.05) is 30.3 Å². The number of halogens is 1. The summed E-state index contributed by atoms with van der Waals surface area (Å²) in [6.45, 7) is 0. The molecule has 0 atom stereocenters. The van der Waals surface area contributed by atoms with Gasteiger partial charge in [-0.2, -0.15) is 0 Å². The normalized spacial score (nSPS) is 10.8. The summed E-state index contributed by atoms with van der Waals surface area (Å²) in [4.78, 5) is 11.3. The molecule has 0 aliphatic heterocycles. The van der Waals surface area contributed by atoms with Gasteiger partial charge < -0.3 is 9.72 Å². The van der Waals surface area contributed by atoms with Crippen molar-refractivity contribution >= 4 is 22.6 Å². The Morgan fingerprint density at radius 1 is 1.22 bits per heavy atom. The number of aromatic nitrogens is 3. The van der Waals surface area contributed by atoms with Crippen molar-refractivity contribution < 1.29 is 4.74 Å². The molecule has 0 aliphatic rings. The van der Waals surface area contributed by atoms with Crippen molar-refractivity contribution in [1.29, 1.82) is 0 Å². The Bertz CT molecular complexity index is 708. The summed E-state index contributed by atoms with van der Waals surface area (Å²) < 4.78 is 5.21. The maximum atomic E-state index is 6.02. The van der Waals surface area contributed by atoms with E-state index in [1.165, 1.54) is 6.33 Å². The number of H-pyrrole nitrogens is 1. The maximum Gasteiger partial charge on any atom is 0.142 e. The van der Waals surface area contributed by atoms with Gasteiger partial charge in [0, 0.05) is 11.3 Å². The highest BCUT2D eigenvalue weighted by molar-refractivity contribution is 6.34. The van der Waals surface area contributed by atoms with Gasteiger partial charge in [-0.3, -0.25) is 0 Å². The smallest absolute Gasteiger partial charge is 0.142 e. The number of hydrogen-bond acceptors (Lipinski definition) is 3. The van der Waals surface area contributed by atoms with Crippen molar-refractivity contribution in [2.45, 2.75) is 0 Å². The SMILES string of the molecule is COc1cccc(-c2cc3c(Cl)ncnc3[nH]2)c1. The molecule has 2 aromatic heterocycles. The molecule has 3 aromatic rings. The maximum absolute atomic E-state index is 6.02. The van der Waals surface area contributed by atoms with Crippen LogP contribution in [0.4, 0.5) is 0 Å². The molecule has 0 spiro atoms. The zero-order valence-electron chi connectivity index (χ0n) is 9.64. The second kappa shape index (κ2) is 4.31. The third-order valence-electron chi connectivity index (χ3n) is 2.76. The van der Waals surface area contributed by atoms with Crippen molar-refractivity contribution in [2.24, 2.45) is 0 Å². The van der Waals surface area contributed by atoms with Crippen molar-refractivity contribution in [2.75, 3.05) is 7.11 Å². The third-order valence-corrected chi connectivity index (χ3v) is 3.06. The van der Waals surface area contributed by atoms with Crippen molar-refractivity contribution in [3.63, 3.8) is 0 Å². The first-order chi connectivity index (χ1) is 8.78. The van der Waals surface area contributed by atoms with Gasteiger partial charge in [-0.1, -0.05) is 23.7 Å². The lowest BCUT2D eigenvalue weighted by Crippen LogP contribution is -1.83. The van der Waals surface area contributed by atoms with E-state index < -0.39 is 0 Å². The number of nitrogens with zero attached hydrogens (tertiary/aromatic N) is 2. The summed E-state index contributed by atoms with van der Waals surface area (Å²) in [6.07, 6.45) is 1.44. The Morgan fingerprint density at radius 2 is 2.11 bits per heavy atom. The Morgan fingerprint density at radius 3 is 2.89 bits per heavy atom. The van der Waals surface area contributed by atoms with Gasteiger partial charge in [-0.15, -0.1) is 0 Å². The minimum atomic E-state index is 0.449. The number of methoxy groups -OCH3 is 1. The van der Waals surface area contributed by atoms with E-state index in [0.29, 0.717) is 5.15 Å². The van der Waals surface area contributed by atoms with Gasteiger partial charge in [-0.05, 0) is 18.2 Å². The monoisotopic (exact) mass is 259 g/mol. The lowest BCUT2D eigenvalue weighted by molar-refractivity contribution is 0.415. The summed E-state index contributed by atoms with van der Waals surface area (Å²) in [7, 11) is 1.65. The molecule has 0 amide bonds. The van der Waals surface area contributed by atoms with Gasteiger partial charge in [0.15, 0.2) is 0 Å². The fraction of sp³-hybridized carbons (Fsp3) is 0.0769. The van der Waals surface area contributed by atoms with Crippen LogP contribution >= 0.6 is 11.6 Å². The first-order valence-corrected chi connectivity index (χ1v) is 5.79. The van der Waals surface area contributed by atoms with Gasteiger partial charge in [0.1, 0.15) is 22.9 Å². The predicted octanol–water partition coefficient (Wildman–Crippen LogP) is 3.29. The molecule has 0 saturated carbocycles. The van der Waals surface area contributed by atoms with Crippen LogP contribution in [0.3, 0.4) is 0 Å². The zero-order chi connectivity index (χ0) is 12.5. The van der Waals surface area contributed by atoms with E-state index in [2.05, 4.69) is 15.0 Å². The summed E-state index contributed by atoms with van der Waals surface area (Å²) >= 11 is 6.02. The molecule has 0 fully saturated rings. The highest BCUT2D eigenvalue weighted by Gasteiger charge is 2.08. The van der Waals surface area contributed by atoms with E-state index in [0.717, 1.165) is 28.0 Å². The fourth-order valence-corrected chi connectivity index (χ4v) is 2.04. The van der Waals surface area contributed by atoms with E-state index in [-0.39, 0.29) is 0 Å². The second-order valence-corrected chi connectivity index (χ2v) is 4.20. The molecule has 5 heteroatoms. The molecular weight excluding hydrogens is 250 g/mol. The fourth-order valence-electron chi connectivity index (χ4n) is 1.86. The van der Waals surface area contributed by atoms with Crippen LogP contribution in [0.1, 0.15) is 0 Å². The minimum absolute atomic E-state index is 0.449. The number of rotatable bonds is 2. The van der Waals surface area contributed by atoms with Crippen LogP contribution in [0.25, 0.3) is 22.3 Å². The van der Waals surface area contributed by atoms with E-state index in [4.69, 9.17) is 16.3 Å². The highest BCUT2D eigenvalue weighted by atomic mass is 35.5. The van der Waals surface area contributed by atoms with E-state index in [9.17, 15) is 0 Å². The number of hydrogen-bond donors (Lipinski definition) is 1. The number of fused-ring (bicyclic) bond motifs is 1. The average Bonchev–Trinajstić information content (AvgIpc) is 2.84. The molecule has 1 aromatic carbocycles. The van der Waals surface area contributed by atoms with E-state index >= 15 is 0 Å². The standard InChI is InChI=1S/C13H10ClN3O/c1-18-9-4-2-3-8(5-9)11-6-10-12(14)15-7-16-13(10)17-11/h2-7H,1H3,(H,15,16,17). The summed E-state index contributed by atoms with van der Waals surface area (Å²) in [6, 6.07) is 9.72. The molecule has 0 unspecified atom stereocenters. The molecule has 4 nitrogen and oxygen atoms in total. The molecule has 3 rings (SSSR count). The van der Waals surface area contributed by atoms with Crippen molar-refractivity contribution in [3.8, 4) is 17.0 Å². The van der Waals surface area contributed by atoms with Gasteiger partial charge in [0.05, 0.1) is 12.5 Å². The summed E-state index contributed by atoms with van der Waals surface area (Å²) in [5.74, 6) is 0.809. The molecule has 0 radical (unpaired) electrons. The van der Waals surface area contributed by atoms with Crippen molar-refractivity contribution in [1.82, 2.24) is 15.0 Å². The van der Waals surface area contributed by atoms with Crippen LogP contribution in [0.2, 0.25) is 5.15 Å². The summed E-state index contributed by atoms with van der Waals surface area (Å²) in [5.41, 5.74) is 2.68. The topological polar surface area (TPSA) is 50.8 Å². The number of aromatic amines is 1. The van der Waals surface area contributed by atoms with Crippen LogP contribution in [0.5, 0.6) is 5.75 Å². The van der Waals surface area contributed by atoms with Crippen LogP contribution in [-0.4, -0.2) is 22.1 Å². The second-order valence-electron chi connectivity index (χ2n) is 3.84. The van der Waals surface area contributed by atoms with Crippen LogP contribution < -0.4 is 4.74 Å². The first-order valence-electron chi connectivity index (χ1n) is 5.41. The number of benzene rings is 1. The van der Waals surface area contributed by atoms with Gasteiger partial charge >= 0.3 is 0 Å². The molecule has 0 aliphatic carbocycles.